The third kappa shape index (κ3) is 3.42. The maximum Gasteiger partial charge on any atom is 0.0871 e. The molecule has 3 N–H and O–H groups in total. The van der Waals surface area contributed by atoms with Gasteiger partial charge in [0, 0.05) is 32.3 Å². The summed E-state index contributed by atoms with van der Waals surface area (Å²) < 4.78 is 11.4. The van der Waals surface area contributed by atoms with E-state index in [4.69, 9.17) is 15.3 Å². The molecule has 0 spiro atoms. The van der Waals surface area contributed by atoms with Crippen LogP contribution in [0.2, 0.25) is 0 Å². The van der Waals surface area contributed by atoms with Crippen LogP contribution >= 0.6 is 0 Å². The van der Waals surface area contributed by atoms with Crippen LogP contribution < -0.4 is 11.3 Å². The summed E-state index contributed by atoms with van der Waals surface area (Å²) in [5, 5.41) is 0. The second-order valence-electron chi connectivity index (χ2n) is 5.64. The zero-order valence-electron chi connectivity index (χ0n) is 11.6. The van der Waals surface area contributed by atoms with E-state index >= 15 is 0 Å². The van der Waals surface area contributed by atoms with Crippen molar-refractivity contribution >= 4 is 0 Å². The average molecular weight is 257 g/mol. The monoisotopic (exact) mass is 257 g/mol. The molecule has 2 heterocycles. The van der Waals surface area contributed by atoms with Crippen molar-refractivity contribution < 1.29 is 9.47 Å². The Morgan fingerprint density at radius 3 is 2.56 bits per heavy atom. The zero-order chi connectivity index (χ0) is 13.0. The third-order valence-electron chi connectivity index (χ3n) is 4.22. The van der Waals surface area contributed by atoms with Crippen LogP contribution in [0.1, 0.15) is 26.7 Å². The summed E-state index contributed by atoms with van der Waals surface area (Å²) in [4.78, 5) is 2.47. The van der Waals surface area contributed by atoms with Crippen LogP contribution in [0.5, 0.6) is 0 Å². The van der Waals surface area contributed by atoms with Gasteiger partial charge in [0.15, 0.2) is 0 Å². The fourth-order valence-corrected chi connectivity index (χ4v) is 3.00. The molecule has 0 aromatic carbocycles. The van der Waals surface area contributed by atoms with Gasteiger partial charge >= 0.3 is 0 Å². The second-order valence-corrected chi connectivity index (χ2v) is 5.64. The first kappa shape index (κ1) is 14.2. The maximum absolute atomic E-state index is 5.94. The summed E-state index contributed by atoms with van der Waals surface area (Å²) in [6.45, 7) is 8.99. The highest BCUT2D eigenvalue weighted by Gasteiger charge is 2.34. The summed E-state index contributed by atoms with van der Waals surface area (Å²) in [5.41, 5.74) is 2.99. The molecule has 5 nitrogen and oxygen atoms in total. The highest BCUT2D eigenvalue weighted by atomic mass is 16.5. The summed E-state index contributed by atoms with van der Waals surface area (Å²) in [6.07, 6.45) is 2.36. The Hall–Kier alpha value is -0.200. The molecular formula is C13H27N3O2. The molecule has 2 aliphatic rings. The molecule has 2 saturated heterocycles. The molecule has 106 valence electrons. The molecule has 18 heavy (non-hydrogen) atoms. The fourth-order valence-electron chi connectivity index (χ4n) is 3.00. The van der Waals surface area contributed by atoms with Crippen molar-refractivity contribution in [3.63, 3.8) is 0 Å². The van der Waals surface area contributed by atoms with Crippen LogP contribution in [0.15, 0.2) is 0 Å². The lowest BCUT2D eigenvalue weighted by molar-refractivity contribution is -0.0742. The number of ether oxygens (including phenoxy) is 2. The van der Waals surface area contributed by atoms with Gasteiger partial charge in [-0.2, -0.15) is 0 Å². The number of rotatable bonds is 4. The summed E-state index contributed by atoms with van der Waals surface area (Å²) >= 11 is 0. The van der Waals surface area contributed by atoms with E-state index in [-0.39, 0.29) is 12.1 Å². The maximum atomic E-state index is 5.94. The number of hydrazine groups is 1. The third-order valence-corrected chi connectivity index (χ3v) is 4.22. The van der Waals surface area contributed by atoms with Crippen LogP contribution in [-0.4, -0.2) is 56.0 Å². The molecule has 2 fully saturated rings. The van der Waals surface area contributed by atoms with Crippen molar-refractivity contribution in [1.29, 1.82) is 0 Å². The predicted molar refractivity (Wildman–Crippen MR) is 71.1 cm³/mol. The SMILES string of the molecule is CC(C)N1CCOC(C(NN)C2CCOCC2)C1. The Morgan fingerprint density at radius 2 is 1.94 bits per heavy atom. The average Bonchev–Trinajstić information content (AvgIpc) is 2.41. The Bertz CT molecular complexity index is 244. The molecule has 0 aliphatic carbocycles. The molecule has 0 aromatic rings. The van der Waals surface area contributed by atoms with Crippen LogP contribution in [-0.2, 0) is 9.47 Å². The van der Waals surface area contributed by atoms with Gasteiger partial charge in [-0.05, 0) is 32.6 Å². The first-order chi connectivity index (χ1) is 8.72. The Kier molecular flexibility index (Phi) is 5.38. The highest BCUT2D eigenvalue weighted by molar-refractivity contribution is 4.88. The summed E-state index contributed by atoms with van der Waals surface area (Å²) in [7, 11) is 0. The molecule has 0 radical (unpaired) electrons. The molecule has 2 atom stereocenters. The van der Waals surface area contributed by atoms with Crippen LogP contribution in [0.4, 0.5) is 0 Å². The minimum atomic E-state index is 0.203. The van der Waals surface area contributed by atoms with Gasteiger partial charge in [-0.25, -0.2) is 0 Å². The number of nitrogens with one attached hydrogen (secondary N) is 1. The van der Waals surface area contributed by atoms with E-state index in [1.54, 1.807) is 0 Å². The Labute approximate surface area is 110 Å². The first-order valence-corrected chi connectivity index (χ1v) is 7.12. The van der Waals surface area contributed by atoms with Gasteiger partial charge in [0.1, 0.15) is 0 Å². The molecule has 2 aliphatic heterocycles. The van der Waals surface area contributed by atoms with E-state index in [9.17, 15) is 0 Å². The normalized spacial score (nSPS) is 29.7. The largest absolute Gasteiger partial charge is 0.381 e. The Morgan fingerprint density at radius 1 is 1.22 bits per heavy atom. The molecule has 0 amide bonds. The quantitative estimate of drug-likeness (QED) is 0.562. The number of nitrogens with zero attached hydrogens (tertiary/aromatic N) is 1. The van der Waals surface area contributed by atoms with Crippen LogP contribution in [0, 0.1) is 5.92 Å². The first-order valence-electron chi connectivity index (χ1n) is 7.12. The second kappa shape index (κ2) is 6.82. The standard InChI is InChI=1S/C13H27N3O2/c1-10(2)16-5-8-18-12(9-16)13(15-14)11-3-6-17-7-4-11/h10-13,15H,3-9,14H2,1-2H3. The predicted octanol–water partition coefficient (Wildman–Crippen LogP) is 0.354. The van der Waals surface area contributed by atoms with Gasteiger partial charge < -0.3 is 9.47 Å². The lowest BCUT2D eigenvalue weighted by Crippen LogP contribution is -2.58. The van der Waals surface area contributed by atoms with E-state index in [1.165, 1.54) is 0 Å². The molecule has 0 saturated carbocycles. The molecule has 2 unspecified atom stereocenters. The van der Waals surface area contributed by atoms with Crippen molar-refractivity contribution in [2.24, 2.45) is 11.8 Å². The van der Waals surface area contributed by atoms with Gasteiger partial charge in [-0.1, -0.05) is 0 Å². The summed E-state index contributed by atoms with van der Waals surface area (Å²) in [6, 6.07) is 0.819. The molecule has 0 bridgehead atoms. The van der Waals surface area contributed by atoms with Gasteiger partial charge in [-0.15, -0.1) is 0 Å². The molecule has 2 rings (SSSR count). The fraction of sp³-hybridized carbons (Fsp3) is 1.00. The smallest absolute Gasteiger partial charge is 0.0871 e. The van der Waals surface area contributed by atoms with Crippen molar-refractivity contribution in [2.75, 3.05) is 32.9 Å². The molecule has 5 heteroatoms. The van der Waals surface area contributed by atoms with Crippen molar-refractivity contribution in [3.8, 4) is 0 Å². The van der Waals surface area contributed by atoms with E-state index < -0.39 is 0 Å². The van der Waals surface area contributed by atoms with Gasteiger partial charge in [0.05, 0.1) is 18.8 Å². The summed E-state index contributed by atoms with van der Waals surface area (Å²) in [5.74, 6) is 6.34. The van der Waals surface area contributed by atoms with Gasteiger partial charge in [0.2, 0.25) is 0 Å². The van der Waals surface area contributed by atoms with E-state index in [2.05, 4.69) is 24.2 Å². The topological polar surface area (TPSA) is 59.8 Å². The number of morpholine rings is 1. The van der Waals surface area contributed by atoms with Crippen molar-refractivity contribution in [1.82, 2.24) is 10.3 Å². The van der Waals surface area contributed by atoms with Crippen LogP contribution in [0.3, 0.4) is 0 Å². The highest BCUT2D eigenvalue weighted by Crippen LogP contribution is 2.24. The lowest BCUT2D eigenvalue weighted by atomic mass is 9.88. The number of hydrogen-bond donors (Lipinski definition) is 2. The minimum absolute atomic E-state index is 0.203. The number of hydrogen-bond acceptors (Lipinski definition) is 5. The number of nitrogens with two attached hydrogens (primary N) is 1. The van der Waals surface area contributed by atoms with Crippen LogP contribution in [0.25, 0.3) is 0 Å². The van der Waals surface area contributed by atoms with Crippen molar-refractivity contribution in [2.45, 2.75) is 44.9 Å². The molecular weight excluding hydrogens is 230 g/mol. The van der Waals surface area contributed by atoms with Crippen molar-refractivity contribution in [3.05, 3.63) is 0 Å². The van der Waals surface area contributed by atoms with E-state index in [0.29, 0.717) is 12.0 Å². The van der Waals surface area contributed by atoms with E-state index in [1.807, 2.05) is 0 Å². The Balaban J connectivity index is 1.93. The zero-order valence-corrected chi connectivity index (χ0v) is 11.6. The van der Waals surface area contributed by atoms with E-state index in [0.717, 1.165) is 45.8 Å². The molecule has 0 aromatic heterocycles. The minimum Gasteiger partial charge on any atom is -0.381 e. The lowest BCUT2D eigenvalue weighted by Gasteiger charge is -2.41. The van der Waals surface area contributed by atoms with Gasteiger partial charge in [0.25, 0.3) is 0 Å². The van der Waals surface area contributed by atoms with Gasteiger partial charge in [-0.3, -0.25) is 16.2 Å².